The van der Waals surface area contributed by atoms with E-state index in [1.807, 2.05) is 6.92 Å². The number of carbonyl (C=O) groups excluding carboxylic acids is 1. The number of amides is 2. The first-order valence-electron chi connectivity index (χ1n) is 7.01. The van der Waals surface area contributed by atoms with Gasteiger partial charge >= 0.3 is 6.03 Å². The van der Waals surface area contributed by atoms with Crippen molar-refractivity contribution in [2.75, 3.05) is 39.1 Å². The number of ether oxygens (including phenoxy) is 1. The van der Waals surface area contributed by atoms with Crippen LogP contribution in [0, 0.1) is 0 Å². The Kier molecular flexibility index (Phi) is 5.05. The first kappa shape index (κ1) is 16.7. The van der Waals surface area contributed by atoms with E-state index in [1.54, 1.807) is 26.2 Å². The van der Waals surface area contributed by atoms with E-state index >= 15 is 0 Å². The molecule has 0 aromatic heterocycles. The Hall–Kier alpha value is -1.64. The molecular weight excluding hydrogens is 306 g/mol. The minimum atomic E-state index is -3.53. The van der Waals surface area contributed by atoms with Gasteiger partial charge in [-0.05, 0) is 31.2 Å². The molecule has 1 fully saturated rings. The second-order valence-corrected chi connectivity index (χ2v) is 7.33. The van der Waals surface area contributed by atoms with Gasteiger partial charge in [0.25, 0.3) is 0 Å². The van der Waals surface area contributed by atoms with E-state index in [9.17, 15) is 13.2 Å². The second-order valence-electron chi connectivity index (χ2n) is 5.39. The first-order valence-corrected chi connectivity index (χ1v) is 8.45. The smallest absolute Gasteiger partial charge is 0.321 e. The van der Waals surface area contributed by atoms with Gasteiger partial charge in [-0.15, -0.1) is 0 Å². The number of sulfonamides is 1. The summed E-state index contributed by atoms with van der Waals surface area (Å²) in [4.78, 5) is 13.2. The zero-order valence-corrected chi connectivity index (χ0v) is 13.8. The van der Waals surface area contributed by atoms with E-state index in [-0.39, 0.29) is 17.0 Å². The van der Waals surface area contributed by atoms with E-state index in [1.165, 1.54) is 21.3 Å². The largest absolute Gasteiger partial charge is 0.376 e. The molecule has 0 bridgehead atoms. The molecule has 0 radical (unpaired) electrons. The third-order valence-corrected chi connectivity index (χ3v) is 5.23. The van der Waals surface area contributed by atoms with Gasteiger partial charge in [0, 0.05) is 32.9 Å². The third-order valence-electron chi connectivity index (χ3n) is 3.35. The molecule has 1 aliphatic rings. The Balaban J connectivity index is 2.13. The van der Waals surface area contributed by atoms with E-state index in [4.69, 9.17) is 4.74 Å². The van der Waals surface area contributed by atoms with Crippen molar-refractivity contribution in [1.29, 1.82) is 0 Å². The van der Waals surface area contributed by atoms with Crippen molar-refractivity contribution in [2.45, 2.75) is 17.9 Å². The average Bonchev–Trinajstić information content (AvgIpc) is 2.47. The number of anilines is 1. The Labute approximate surface area is 130 Å². The molecule has 0 spiro atoms. The van der Waals surface area contributed by atoms with Crippen LogP contribution in [0.2, 0.25) is 0 Å². The zero-order chi connectivity index (χ0) is 16.3. The van der Waals surface area contributed by atoms with Gasteiger partial charge in [0.05, 0.1) is 17.6 Å². The molecule has 1 heterocycles. The molecule has 22 heavy (non-hydrogen) atoms. The summed E-state index contributed by atoms with van der Waals surface area (Å²) in [5.41, 5.74) is 0.549. The molecule has 2 amide bonds. The molecule has 1 unspecified atom stereocenters. The molecule has 1 aromatic carbocycles. The minimum absolute atomic E-state index is 0.109. The van der Waals surface area contributed by atoms with E-state index in [0.717, 1.165) is 0 Å². The lowest BCUT2D eigenvalue weighted by Crippen LogP contribution is -2.44. The van der Waals surface area contributed by atoms with Gasteiger partial charge in [0.1, 0.15) is 0 Å². The van der Waals surface area contributed by atoms with Crippen LogP contribution in [0.1, 0.15) is 6.92 Å². The molecule has 1 aromatic rings. The summed E-state index contributed by atoms with van der Waals surface area (Å²) in [6, 6.07) is 5.90. The van der Waals surface area contributed by atoms with Gasteiger partial charge in [0.2, 0.25) is 10.0 Å². The monoisotopic (exact) mass is 327 g/mol. The molecular formula is C14H21N3O4S. The topological polar surface area (TPSA) is 79.0 Å². The van der Waals surface area contributed by atoms with Crippen molar-refractivity contribution in [3.8, 4) is 0 Å². The lowest BCUT2D eigenvalue weighted by Gasteiger charge is -2.30. The molecule has 7 nitrogen and oxygen atoms in total. The van der Waals surface area contributed by atoms with E-state index in [2.05, 4.69) is 5.32 Å². The predicted octanol–water partition coefficient (Wildman–Crippen LogP) is 1.19. The number of hydrogen-bond donors (Lipinski definition) is 1. The fraction of sp³-hybridized carbons (Fsp3) is 0.500. The van der Waals surface area contributed by atoms with Gasteiger partial charge in [-0.2, -0.15) is 4.31 Å². The SMILES string of the molecule is CC1CN(S(=O)(=O)c2ccc(NC(=O)N(C)C)cc2)CCO1. The maximum atomic E-state index is 12.5. The summed E-state index contributed by atoms with van der Waals surface area (Å²) < 4.78 is 31.9. The Morgan fingerprint density at radius 2 is 1.95 bits per heavy atom. The van der Waals surface area contributed by atoms with Gasteiger partial charge in [-0.1, -0.05) is 0 Å². The number of morpholine rings is 1. The maximum Gasteiger partial charge on any atom is 0.321 e. The second kappa shape index (κ2) is 6.64. The molecule has 8 heteroatoms. The Morgan fingerprint density at radius 1 is 1.32 bits per heavy atom. The van der Waals surface area contributed by atoms with Crippen LogP contribution in [0.4, 0.5) is 10.5 Å². The van der Waals surface area contributed by atoms with Crippen LogP contribution in [0.15, 0.2) is 29.2 Å². The minimum Gasteiger partial charge on any atom is -0.376 e. The summed E-state index contributed by atoms with van der Waals surface area (Å²) in [5.74, 6) is 0. The van der Waals surface area contributed by atoms with Crippen LogP contribution in [-0.4, -0.2) is 63.5 Å². The van der Waals surface area contributed by atoms with Crippen molar-refractivity contribution in [3.63, 3.8) is 0 Å². The van der Waals surface area contributed by atoms with Crippen LogP contribution < -0.4 is 5.32 Å². The van der Waals surface area contributed by atoms with Crippen LogP contribution in [0.25, 0.3) is 0 Å². The lowest BCUT2D eigenvalue weighted by atomic mass is 10.3. The summed E-state index contributed by atoms with van der Waals surface area (Å²) in [7, 11) is -0.261. The van der Waals surface area contributed by atoms with Crippen molar-refractivity contribution in [3.05, 3.63) is 24.3 Å². The third kappa shape index (κ3) is 3.76. The number of carbonyl (C=O) groups is 1. The molecule has 1 N–H and O–H groups in total. The van der Waals surface area contributed by atoms with Gasteiger partial charge < -0.3 is 15.0 Å². The number of rotatable bonds is 3. The summed E-state index contributed by atoms with van der Waals surface area (Å²) in [6.45, 7) is 2.95. The number of nitrogens with zero attached hydrogens (tertiary/aromatic N) is 2. The van der Waals surface area contributed by atoms with Gasteiger partial charge in [-0.25, -0.2) is 13.2 Å². The molecule has 2 rings (SSSR count). The molecule has 1 aliphatic heterocycles. The zero-order valence-electron chi connectivity index (χ0n) is 12.9. The van der Waals surface area contributed by atoms with Gasteiger partial charge in [-0.3, -0.25) is 0 Å². The van der Waals surface area contributed by atoms with Crippen molar-refractivity contribution in [1.82, 2.24) is 9.21 Å². The van der Waals surface area contributed by atoms with Crippen LogP contribution >= 0.6 is 0 Å². The fourth-order valence-corrected chi connectivity index (χ4v) is 3.60. The number of urea groups is 1. The molecule has 0 saturated carbocycles. The predicted molar refractivity (Wildman–Crippen MR) is 83.3 cm³/mol. The highest BCUT2D eigenvalue weighted by Gasteiger charge is 2.28. The summed E-state index contributed by atoms with van der Waals surface area (Å²) in [5, 5.41) is 2.67. The van der Waals surface area contributed by atoms with Crippen LogP contribution in [-0.2, 0) is 14.8 Å². The van der Waals surface area contributed by atoms with Crippen LogP contribution in [0.5, 0.6) is 0 Å². The van der Waals surface area contributed by atoms with Crippen LogP contribution in [0.3, 0.4) is 0 Å². The maximum absolute atomic E-state index is 12.5. The Morgan fingerprint density at radius 3 is 2.50 bits per heavy atom. The number of hydrogen-bond acceptors (Lipinski definition) is 4. The van der Waals surface area contributed by atoms with E-state index in [0.29, 0.717) is 25.4 Å². The van der Waals surface area contributed by atoms with E-state index < -0.39 is 10.0 Å². The average molecular weight is 327 g/mol. The summed E-state index contributed by atoms with van der Waals surface area (Å²) in [6.07, 6.45) is -0.109. The highest BCUT2D eigenvalue weighted by Crippen LogP contribution is 2.20. The molecule has 0 aliphatic carbocycles. The standard InChI is InChI=1S/C14H21N3O4S/c1-11-10-17(8-9-21-11)22(19,20)13-6-4-12(5-7-13)15-14(18)16(2)3/h4-7,11H,8-10H2,1-3H3,(H,15,18). The normalized spacial score (nSPS) is 19.7. The lowest BCUT2D eigenvalue weighted by molar-refractivity contribution is 0.0102. The molecule has 122 valence electrons. The molecule has 1 saturated heterocycles. The number of benzene rings is 1. The van der Waals surface area contributed by atoms with Crippen molar-refractivity contribution in [2.24, 2.45) is 0 Å². The fourth-order valence-electron chi connectivity index (χ4n) is 2.10. The summed E-state index contributed by atoms with van der Waals surface area (Å²) >= 11 is 0. The van der Waals surface area contributed by atoms with Crippen molar-refractivity contribution < 1.29 is 17.9 Å². The quantitative estimate of drug-likeness (QED) is 0.904. The molecule has 1 atom stereocenters. The highest BCUT2D eigenvalue weighted by molar-refractivity contribution is 7.89. The van der Waals surface area contributed by atoms with Crippen molar-refractivity contribution >= 4 is 21.7 Å². The first-order chi connectivity index (χ1) is 10.3. The highest BCUT2D eigenvalue weighted by atomic mass is 32.2. The number of nitrogens with one attached hydrogen (secondary N) is 1. The Bertz CT molecular complexity index is 628. The van der Waals surface area contributed by atoms with Gasteiger partial charge in [0.15, 0.2) is 0 Å².